The van der Waals surface area contributed by atoms with Crippen LogP contribution in [0.3, 0.4) is 0 Å². The van der Waals surface area contributed by atoms with E-state index in [1.165, 1.54) is 12.0 Å². The molecule has 1 aliphatic rings. The Labute approximate surface area is 289 Å². The van der Waals surface area contributed by atoms with Gasteiger partial charge < -0.3 is 14.9 Å². The lowest BCUT2D eigenvalue weighted by molar-refractivity contribution is 0.0320. The van der Waals surface area contributed by atoms with E-state index in [9.17, 15) is 10.2 Å². The zero-order chi connectivity index (χ0) is 36.3. The fourth-order valence-corrected chi connectivity index (χ4v) is 8.53. The standard InChI is InChI=1S/C43H84O3/c1-30(2)34(26-37(7,8)22-23-44)20-21-39(11,12)42(17,18)29-43(19)36(46-43)28-41(15,16)40(13,14)24-32(5)35(31(3)4)27-38(9,10)25-33(6)45/h20,30-33,35-36,44-45H,21-29H2,1-19H3. The highest BCUT2D eigenvalue weighted by molar-refractivity contribution is 5.12. The molecule has 5 unspecified atom stereocenters. The zero-order valence-corrected chi connectivity index (χ0v) is 34.7. The topological polar surface area (TPSA) is 53.0 Å². The van der Waals surface area contributed by atoms with Gasteiger partial charge in [0.2, 0.25) is 0 Å². The normalized spacial score (nSPS) is 22.8. The Kier molecular flexibility index (Phi) is 14.9. The van der Waals surface area contributed by atoms with Crippen LogP contribution in [0.25, 0.3) is 0 Å². The van der Waals surface area contributed by atoms with E-state index in [0.717, 1.165) is 44.9 Å². The van der Waals surface area contributed by atoms with Gasteiger partial charge in [-0.3, -0.25) is 0 Å². The van der Waals surface area contributed by atoms with Gasteiger partial charge in [0.05, 0.1) is 17.8 Å². The molecule has 1 rings (SSSR count). The third-order valence-corrected chi connectivity index (χ3v) is 13.3. The third-order valence-electron chi connectivity index (χ3n) is 13.3. The Hall–Kier alpha value is -0.380. The van der Waals surface area contributed by atoms with Crippen molar-refractivity contribution in [3.63, 3.8) is 0 Å². The van der Waals surface area contributed by atoms with Gasteiger partial charge in [-0.15, -0.1) is 0 Å². The number of ether oxygens (including phenoxy) is 1. The Bertz CT molecular complexity index is 961. The van der Waals surface area contributed by atoms with Crippen LogP contribution in [0, 0.1) is 56.2 Å². The summed E-state index contributed by atoms with van der Waals surface area (Å²) in [5.74, 6) is 2.40. The Balaban J connectivity index is 3.00. The molecule has 1 aliphatic heterocycles. The molecule has 0 aliphatic carbocycles. The molecule has 0 amide bonds. The molecule has 274 valence electrons. The van der Waals surface area contributed by atoms with E-state index >= 15 is 0 Å². The predicted octanol–water partition coefficient (Wildman–Crippen LogP) is 12.3. The van der Waals surface area contributed by atoms with Crippen molar-refractivity contribution in [1.82, 2.24) is 0 Å². The lowest BCUT2D eigenvalue weighted by Gasteiger charge is -2.46. The van der Waals surface area contributed by atoms with E-state index in [1.54, 1.807) is 0 Å². The SMILES string of the molecule is CC(O)CC(C)(C)CC(C(C)C)C(C)CC(C)(C)C(C)(C)CC1OC1(C)CC(C)(C)C(C)(C)CC=C(CC(C)(C)CCO)C(C)C. The first-order valence-electron chi connectivity index (χ1n) is 19.1. The Morgan fingerprint density at radius 2 is 1.28 bits per heavy atom. The molecule has 1 heterocycles. The fourth-order valence-electron chi connectivity index (χ4n) is 8.53. The molecule has 0 aromatic carbocycles. The lowest BCUT2D eigenvalue weighted by atomic mass is 9.58. The summed E-state index contributed by atoms with van der Waals surface area (Å²) in [5, 5.41) is 19.7. The van der Waals surface area contributed by atoms with Crippen LogP contribution in [0.15, 0.2) is 11.6 Å². The van der Waals surface area contributed by atoms with Gasteiger partial charge in [-0.1, -0.05) is 129 Å². The van der Waals surface area contributed by atoms with Crippen LogP contribution in [0.5, 0.6) is 0 Å². The molecule has 0 radical (unpaired) electrons. The molecule has 0 aromatic rings. The molecular weight excluding hydrogens is 564 g/mol. The van der Waals surface area contributed by atoms with Gasteiger partial charge in [0.15, 0.2) is 0 Å². The van der Waals surface area contributed by atoms with Gasteiger partial charge in [0.25, 0.3) is 0 Å². The van der Waals surface area contributed by atoms with Crippen LogP contribution in [-0.2, 0) is 4.74 Å². The second-order valence-electron chi connectivity index (χ2n) is 21.3. The minimum Gasteiger partial charge on any atom is -0.396 e. The van der Waals surface area contributed by atoms with E-state index in [-0.39, 0.29) is 50.8 Å². The molecule has 0 bridgehead atoms. The summed E-state index contributed by atoms with van der Waals surface area (Å²) < 4.78 is 6.65. The van der Waals surface area contributed by atoms with Gasteiger partial charge in [-0.2, -0.15) is 0 Å². The summed E-state index contributed by atoms with van der Waals surface area (Å²) >= 11 is 0. The smallest absolute Gasteiger partial charge is 0.0926 e. The quantitative estimate of drug-likeness (QED) is 0.0962. The zero-order valence-electron chi connectivity index (χ0n) is 34.7. The van der Waals surface area contributed by atoms with Crippen molar-refractivity contribution in [2.75, 3.05) is 6.61 Å². The molecule has 3 nitrogen and oxygen atoms in total. The maximum Gasteiger partial charge on any atom is 0.0926 e. The first-order chi connectivity index (χ1) is 20.4. The molecule has 1 saturated heterocycles. The van der Waals surface area contributed by atoms with Gasteiger partial charge in [0, 0.05) is 6.61 Å². The highest BCUT2D eigenvalue weighted by atomic mass is 16.6. The van der Waals surface area contributed by atoms with Crippen molar-refractivity contribution in [1.29, 1.82) is 0 Å². The van der Waals surface area contributed by atoms with Crippen LogP contribution in [-0.4, -0.2) is 34.6 Å². The maximum absolute atomic E-state index is 10.1. The minimum atomic E-state index is -0.249. The number of allylic oxidation sites excluding steroid dienone is 2. The highest BCUT2D eigenvalue weighted by Gasteiger charge is 2.59. The van der Waals surface area contributed by atoms with Crippen LogP contribution in [0.2, 0.25) is 0 Å². The summed E-state index contributed by atoms with van der Waals surface area (Å²) in [6.07, 6.45) is 10.9. The molecule has 3 heteroatoms. The number of hydrogen-bond donors (Lipinski definition) is 2. The largest absolute Gasteiger partial charge is 0.396 e. The number of aliphatic hydroxyl groups is 2. The van der Waals surface area contributed by atoms with Gasteiger partial charge in [-0.25, -0.2) is 0 Å². The third kappa shape index (κ3) is 12.5. The fraction of sp³-hybridized carbons (Fsp3) is 0.953. The van der Waals surface area contributed by atoms with Crippen molar-refractivity contribution in [3.05, 3.63) is 11.6 Å². The van der Waals surface area contributed by atoms with Gasteiger partial charge in [-0.05, 0) is 121 Å². The second-order valence-corrected chi connectivity index (χ2v) is 21.3. The summed E-state index contributed by atoms with van der Waals surface area (Å²) in [4.78, 5) is 0. The Morgan fingerprint density at radius 1 is 0.739 bits per heavy atom. The summed E-state index contributed by atoms with van der Waals surface area (Å²) in [5.41, 5.74) is 2.30. The Morgan fingerprint density at radius 3 is 1.74 bits per heavy atom. The lowest BCUT2D eigenvalue weighted by Crippen LogP contribution is -2.39. The van der Waals surface area contributed by atoms with Gasteiger partial charge >= 0.3 is 0 Å². The summed E-state index contributed by atoms with van der Waals surface area (Å²) in [7, 11) is 0. The molecule has 0 spiro atoms. The van der Waals surface area contributed by atoms with Crippen LogP contribution >= 0.6 is 0 Å². The molecule has 2 N–H and O–H groups in total. The predicted molar refractivity (Wildman–Crippen MR) is 202 cm³/mol. The first kappa shape index (κ1) is 43.6. The molecule has 1 fully saturated rings. The van der Waals surface area contributed by atoms with E-state index in [0.29, 0.717) is 29.8 Å². The van der Waals surface area contributed by atoms with E-state index < -0.39 is 0 Å². The molecular formula is C43H84O3. The van der Waals surface area contributed by atoms with Crippen LogP contribution in [0.1, 0.15) is 183 Å². The van der Waals surface area contributed by atoms with E-state index in [2.05, 4.69) is 131 Å². The average Bonchev–Trinajstić information content (AvgIpc) is 3.44. The molecule has 0 saturated carbocycles. The number of epoxide rings is 1. The van der Waals surface area contributed by atoms with E-state index in [1.807, 2.05) is 6.92 Å². The second kappa shape index (κ2) is 15.7. The van der Waals surface area contributed by atoms with Crippen LogP contribution in [0.4, 0.5) is 0 Å². The molecule has 46 heavy (non-hydrogen) atoms. The first-order valence-corrected chi connectivity index (χ1v) is 19.1. The molecule has 5 atom stereocenters. The van der Waals surface area contributed by atoms with Crippen molar-refractivity contribution in [2.24, 2.45) is 56.2 Å². The highest BCUT2D eigenvalue weighted by Crippen LogP contribution is 2.58. The van der Waals surface area contributed by atoms with Crippen LogP contribution < -0.4 is 0 Å². The summed E-state index contributed by atoms with van der Waals surface area (Å²) in [6.45, 7) is 45.4. The van der Waals surface area contributed by atoms with Crippen molar-refractivity contribution in [3.8, 4) is 0 Å². The maximum atomic E-state index is 10.1. The van der Waals surface area contributed by atoms with Crippen molar-refractivity contribution in [2.45, 2.75) is 201 Å². The number of rotatable bonds is 21. The van der Waals surface area contributed by atoms with Crippen molar-refractivity contribution >= 4 is 0 Å². The number of hydrogen-bond acceptors (Lipinski definition) is 3. The van der Waals surface area contributed by atoms with Gasteiger partial charge in [0.1, 0.15) is 0 Å². The summed E-state index contributed by atoms with van der Waals surface area (Å²) in [6, 6.07) is 0. The minimum absolute atomic E-state index is 0.0705. The molecule has 0 aromatic heterocycles. The monoisotopic (exact) mass is 649 g/mol. The average molecular weight is 649 g/mol. The van der Waals surface area contributed by atoms with E-state index in [4.69, 9.17) is 4.74 Å². The number of aliphatic hydroxyl groups excluding tert-OH is 2. The van der Waals surface area contributed by atoms with Crippen molar-refractivity contribution < 1.29 is 14.9 Å².